The molecule has 0 bridgehead atoms. The van der Waals surface area contributed by atoms with Crippen molar-refractivity contribution in [2.45, 2.75) is 19.8 Å². The van der Waals surface area contributed by atoms with Crippen molar-refractivity contribution in [3.8, 4) is 0 Å². The van der Waals surface area contributed by atoms with E-state index in [4.69, 9.17) is 9.47 Å². The highest BCUT2D eigenvalue weighted by atomic mass is 16.5. The first-order chi connectivity index (χ1) is 8.77. The second kappa shape index (κ2) is 8.53. The van der Waals surface area contributed by atoms with E-state index in [0.29, 0.717) is 26.2 Å². The van der Waals surface area contributed by atoms with Gasteiger partial charge in [0.2, 0.25) is 0 Å². The molecular weight excluding hydrogens is 230 g/mol. The summed E-state index contributed by atoms with van der Waals surface area (Å²) in [6, 6.07) is 8.05. The van der Waals surface area contributed by atoms with Gasteiger partial charge in [-0.3, -0.25) is 4.79 Å². The molecule has 0 spiro atoms. The molecule has 0 amide bonds. The second-order valence-electron chi connectivity index (χ2n) is 3.88. The van der Waals surface area contributed by atoms with Gasteiger partial charge in [-0.1, -0.05) is 18.2 Å². The molecule has 0 saturated heterocycles. The first-order valence-electron chi connectivity index (χ1n) is 6.24. The molecule has 0 aliphatic carbocycles. The van der Waals surface area contributed by atoms with Gasteiger partial charge in [0, 0.05) is 19.3 Å². The Balaban J connectivity index is 2.43. The standard InChI is InChI=1S/C14H21NO3/c1-3-18-14(16)8-10-15-13-7-5-4-6-12(13)9-11-17-2/h4-7,15H,3,8-11H2,1-2H3. The van der Waals surface area contributed by atoms with Gasteiger partial charge in [0.1, 0.15) is 0 Å². The minimum atomic E-state index is -0.167. The summed E-state index contributed by atoms with van der Waals surface area (Å²) in [5.41, 5.74) is 2.25. The maximum Gasteiger partial charge on any atom is 0.307 e. The number of nitrogens with one attached hydrogen (secondary N) is 1. The van der Waals surface area contributed by atoms with Gasteiger partial charge in [-0.2, -0.15) is 0 Å². The summed E-state index contributed by atoms with van der Waals surface area (Å²) in [7, 11) is 1.69. The topological polar surface area (TPSA) is 47.6 Å². The molecule has 1 aromatic carbocycles. The highest BCUT2D eigenvalue weighted by Crippen LogP contribution is 2.15. The molecule has 18 heavy (non-hydrogen) atoms. The van der Waals surface area contributed by atoms with Crippen molar-refractivity contribution in [3.05, 3.63) is 29.8 Å². The largest absolute Gasteiger partial charge is 0.466 e. The van der Waals surface area contributed by atoms with Crippen LogP contribution < -0.4 is 5.32 Å². The predicted molar refractivity (Wildman–Crippen MR) is 71.8 cm³/mol. The van der Waals surface area contributed by atoms with Crippen molar-refractivity contribution in [3.63, 3.8) is 0 Å². The van der Waals surface area contributed by atoms with E-state index in [0.717, 1.165) is 12.1 Å². The van der Waals surface area contributed by atoms with Crippen molar-refractivity contribution in [1.29, 1.82) is 0 Å². The lowest BCUT2D eigenvalue weighted by Gasteiger charge is -2.11. The van der Waals surface area contributed by atoms with E-state index in [1.807, 2.05) is 25.1 Å². The number of ether oxygens (including phenoxy) is 2. The zero-order valence-corrected chi connectivity index (χ0v) is 11.1. The molecule has 0 saturated carbocycles. The quantitative estimate of drug-likeness (QED) is 0.720. The van der Waals surface area contributed by atoms with Crippen LogP contribution in [-0.4, -0.2) is 32.8 Å². The Morgan fingerprint density at radius 1 is 1.33 bits per heavy atom. The molecule has 4 nitrogen and oxygen atoms in total. The van der Waals surface area contributed by atoms with Gasteiger partial charge in [-0.15, -0.1) is 0 Å². The molecule has 0 aromatic heterocycles. The summed E-state index contributed by atoms with van der Waals surface area (Å²) in [6.45, 7) is 3.52. The third-order valence-electron chi connectivity index (χ3n) is 2.54. The van der Waals surface area contributed by atoms with Gasteiger partial charge in [-0.25, -0.2) is 0 Å². The van der Waals surface area contributed by atoms with Gasteiger partial charge in [0.25, 0.3) is 0 Å². The minimum Gasteiger partial charge on any atom is -0.466 e. The molecule has 0 unspecified atom stereocenters. The van der Waals surface area contributed by atoms with Gasteiger partial charge in [-0.05, 0) is 25.0 Å². The number of hydrogen-bond donors (Lipinski definition) is 1. The smallest absolute Gasteiger partial charge is 0.307 e. The summed E-state index contributed by atoms with van der Waals surface area (Å²) < 4.78 is 9.95. The number of para-hydroxylation sites is 1. The first-order valence-corrected chi connectivity index (χ1v) is 6.24. The summed E-state index contributed by atoms with van der Waals surface area (Å²) in [6.07, 6.45) is 1.24. The molecule has 1 N–H and O–H groups in total. The van der Waals surface area contributed by atoms with E-state index >= 15 is 0 Å². The number of anilines is 1. The lowest BCUT2D eigenvalue weighted by Crippen LogP contribution is -2.12. The SMILES string of the molecule is CCOC(=O)CCNc1ccccc1CCOC. The number of methoxy groups -OCH3 is 1. The van der Waals surface area contributed by atoms with E-state index < -0.39 is 0 Å². The monoisotopic (exact) mass is 251 g/mol. The van der Waals surface area contributed by atoms with Crippen molar-refractivity contribution >= 4 is 11.7 Å². The Bertz CT molecular complexity index is 366. The van der Waals surface area contributed by atoms with Gasteiger partial charge < -0.3 is 14.8 Å². The predicted octanol–water partition coefficient (Wildman–Crippen LogP) is 2.24. The fraction of sp³-hybridized carbons (Fsp3) is 0.500. The third-order valence-corrected chi connectivity index (χ3v) is 2.54. The molecule has 1 rings (SSSR count). The molecule has 0 atom stereocenters. The zero-order chi connectivity index (χ0) is 13.2. The number of rotatable bonds is 8. The molecule has 100 valence electrons. The number of hydrogen-bond acceptors (Lipinski definition) is 4. The lowest BCUT2D eigenvalue weighted by atomic mass is 10.1. The summed E-state index contributed by atoms with van der Waals surface area (Å²) in [5, 5.41) is 3.26. The molecule has 0 heterocycles. The van der Waals surface area contributed by atoms with Crippen molar-refractivity contribution < 1.29 is 14.3 Å². The fourth-order valence-electron chi connectivity index (χ4n) is 1.66. The number of esters is 1. The lowest BCUT2D eigenvalue weighted by molar-refractivity contribution is -0.142. The highest BCUT2D eigenvalue weighted by Gasteiger charge is 2.03. The molecule has 0 radical (unpaired) electrons. The molecule has 1 aromatic rings. The van der Waals surface area contributed by atoms with Crippen molar-refractivity contribution in [2.24, 2.45) is 0 Å². The van der Waals surface area contributed by atoms with Gasteiger partial charge >= 0.3 is 5.97 Å². The van der Waals surface area contributed by atoms with Crippen LogP contribution in [0, 0.1) is 0 Å². The van der Waals surface area contributed by atoms with Crippen LogP contribution in [0.4, 0.5) is 5.69 Å². The maximum absolute atomic E-state index is 11.2. The molecule has 4 heteroatoms. The van der Waals surface area contributed by atoms with Crippen LogP contribution >= 0.6 is 0 Å². The van der Waals surface area contributed by atoms with Crippen LogP contribution in [0.1, 0.15) is 18.9 Å². The average molecular weight is 251 g/mol. The summed E-state index contributed by atoms with van der Waals surface area (Å²) in [4.78, 5) is 11.2. The molecule has 0 aliphatic heterocycles. The van der Waals surface area contributed by atoms with Crippen LogP contribution in [-0.2, 0) is 20.7 Å². The first kappa shape index (κ1) is 14.5. The minimum absolute atomic E-state index is 0.167. The van der Waals surface area contributed by atoms with Crippen molar-refractivity contribution in [1.82, 2.24) is 0 Å². The average Bonchev–Trinajstić information content (AvgIpc) is 2.38. The van der Waals surface area contributed by atoms with Crippen LogP contribution in [0.2, 0.25) is 0 Å². The molecule has 0 aliphatic rings. The van der Waals surface area contributed by atoms with Gasteiger partial charge in [0.05, 0.1) is 19.6 Å². The van der Waals surface area contributed by atoms with Crippen LogP contribution in [0.25, 0.3) is 0 Å². The number of carbonyl (C=O) groups excluding carboxylic acids is 1. The number of benzene rings is 1. The number of carbonyl (C=O) groups is 1. The Morgan fingerprint density at radius 2 is 2.11 bits per heavy atom. The van der Waals surface area contributed by atoms with E-state index in [2.05, 4.69) is 11.4 Å². The highest BCUT2D eigenvalue weighted by molar-refractivity contribution is 5.70. The molecule has 0 fully saturated rings. The van der Waals surface area contributed by atoms with Crippen LogP contribution in [0.5, 0.6) is 0 Å². The van der Waals surface area contributed by atoms with E-state index in [1.54, 1.807) is 7.11 Å². The fourth-order valence-corrected chi connectivity index (χ4v) is 1.66. The van der Waals surface area contributed by atoms with Crippen LogP contribution in [0.3, 0.4) is 0 Å². The maximum atomic E-state index is 11.2. The summed E-state index contributed by atoms with van der Waals surface area (Å²) in [5.74, 6) is -0.167. The van der Waals surface area contributed by atoms with Gasteiger partial charge in [0.15, 0.2) is 0 Å². The Kier molecular flexibility index (Phi) is 6.87. The van der Waals surface area contributed by atoms with E-state index in [-0.39, 0.29) is 5.97 Å². The van der Waals surface area contributed by atoms with E-state index in [9.17, 15) is 4.79 Å². The molecular formula is C14H21NO3. The van der Waals surface area contributed by atoms with Crippen LogP contribution in [0.15, 0.2) is 24.3 Å². The normalized spacial score (nSPS) is 10.1. The second-order valence-corrected chi connectivity index (χ2v) is 3.88. The third kappa shape index (κ3) is 5.19. The Labute approximate surface area is 108 Å². The summed E-state index contributed by atoms with van der Waals surface area (Å²) >= 11 is 0. The Morgan fingerprint density at radius 3 is 2.83 bits per heavy atom. The van der Waals surface area contributed by atoms with E-state index in [1.165, 1.54) is 5.56 Å². The Hall–Kier alpha value is -1.55. The van der Waals surface area contributed by atoms with Crippen molar-refractivity contribution in [2.75, 3.05) is 32.2 Å². The zero-order valence-electron chi connectivity index (χ0n) is 11.1.